The smallest absolute Gasteiger partial charge is 0.321 e. The molecule has 0 aliphatic carbocycles. The first-order valence-electron chi connectivity index (χ1n) is 8.48. The van der Waals surface area contributed by atoms with Crippen molar-refractivity contribution < 1.29 is 14.3 Å². The summed E-state index contributed by atoms with van der Waals surface area (Å²) in [7, 11) is 1.74. The summed E-state index contributed by atoms with van der Waals surface area (Å²) in [5, 5.41) is 2.86. The third-order valence-electron chi connectivity index (χ3n) is 4.36. The SMILES string of the molecule is CCN1C(=O)COc2cc(NC(=O)N(C)Cc3ccncc3C)ccc21. The second kappa shape index (κ2) is 7.43. The van der Waals surface area contributed by atoms with E-state index in [-0.39, 0.29) is 18.5 Å². The number of carbonyl (C=O) groups excluding carboxylic acids is 2. The third kappa shape index (κ3) is 3.61. The number of urea groups is 1. The molecule has 3 amide bonds. The van der Waals surface area contributed by atoms with Gasteiger partial charge in [-0.2, -0.15) is 0 Å². The molecule has 3 rings (SSSR count). The van der Waals surface area contributed by atoms with E-state index >= 15 is 0 Å². The standard InChI is InChI=1S/C19H22N4O3/c1-4-23-16-6-5-15(9-17(16)26-12-18(23)24)21-19(25)22(3)11-14-7-8-20-10-13(14)2/h5-10H,4,11-12H2,1-3H3,(H,21,25). The van der Waals surface area contributed by atoms with Gasteiger partial charge in [0, 0.05) is 44.3 Å². The van der Waals surface area contributed by atoms with Crippen LogP contribution in [-0.4, -0.2) is 42.0 Å². The summed E-state index contributed by atoms with van der Waals surface area (Å²) < 4.78 is 5.50. The number of benzene rings is 1. The van der Waals surface area contributed by atoms with Gasteiger partial charge in [-0.25, -0.2) is 4.79 Å². The van der Waals surface area contributed by atoms with E-state index in [4.69, 9.17) is 4.74 Å². The summed E-state index contributed by atoms with van der Waals surface area (Å²) in [6, 6.07) is 6.99. The highest BCUT2D eigenvalue weighted by Crippen LogP contribution is 2.34. The van der Waals surface area contributed by atoms with E-state index in [9.17, 15) is 9.59 Å². The number of likely N-dealkylation sites (N-methyl/N-ethyl adjacent to an activating group) is 1. The van der Waals surface area contributed by atoms with Gasteiger partial charge in [0.25, 0.3) is 5.91 Å². The van der Waals surface area contributed by atoms with Crippen molar-refractivity contribution in [2.24, 2.45) is 0 Å². The molecule has 1 aliphatic rings. The minimum atomic E-state index is -0.222. The van der Waals surface area contributed by atoms with Crippen LogP contribution in [-0.2, 0) is 11.3 Å². The number of fused-ring (bicyclic) bond motifs is 1. The molecule has 0 atom stereocenters. The van der Waals surface area contributed by atoms with Gasteiger partial charge in [-0.3, -0.25) is 9.78 Å². The van der Waals surface area contributed by atoms with E-state index in [1.165, 1.54) is 0 Å². The summed E-state index contributed by atoms with van der Waals surface area (Å²) in [6.07, 6.45) is 3.50. The van der Waals surface area contributed by atoms with Crippen LogP contribution in [0.15, 0.2) is 36.7 Å². The van der Waals surface area contributed by atoms with Gasteiger partial charge in [0.05, 0.1) is 5.69 Å². The van der Waals surface area contributed by atoms with Crippen molar-refractivity contribution in [2.45, 2.75) is 20.4 Å². The number of nitrogens with one attached hydrogen (secondary N) is 1. The molecular formula is C19H22N4O3. The average molecular weight is 354 g/mol. The number of ether oxygens (including phenoxy) is 1. The lowest BCUT2D eigenvalue weighted by atomic mass is 10.1. The fourth-order valence-electron chi connectivity index (χ4n) is 2.85. The Balaban J connectivity index is 1.70. The molecule has 0 saturated heterocycles. The Morgan fingerprint density at radius 3 is 2.92 bits per heavy atom. The Labute approximate surface area is 152 Å². The number of carbonyl (C=O) groups is 2. The molecule has 0 fully saturated rings. The first-order chi connectivity index (χ1) is 12.5. The summed E-state index contributed by atoms with van der Waals surface area (Å²) in [5.74, 6) is 0.529. The number of aryl methyl sites for hydroxylation is 1. The van der Waals surface area contributed by atoms with Crippen LogP contribution in [0.4, 0.5) is 16.2 Å². The Bertz CT molecular complexity index is 837. The predicted molar refractivity (Wildman–Crippen MR) is 99.4 cm³/mol. The predicted octanol–water partition coefficient (Wildman–Crippen LogP) is 2.80. The minimum absolute atomic E-state index is 0.0134. The van der Waals surface area contributed by atoms with E-state index in [1.54, 1.807) is 47.4 Å². The van der Waals surface area contributed by atoms with Crippen LogP contribution in [0, 0.1) is 6.92 Å². The fourth-order valence-corrected chi connectivity index (χ4v) is 2.85. The van der Waals surface area contributed by atoms with Crippen LogP contribution in [0.3, 0.4) is 0 Å². The average Bonchev–Trinajstić information content (AvgIpc) is 2.63. The molecule has 2 aromatic rings. The molecule has 26 heavy (non-hydrogen) atoms. The highest BCUT2D eigenvalue weighted by Gasteiger charge is 2.24. The zero-order chi connectivity index (χ0) is 18.7. The molecule has 1 aliphatic heterocycles. The van der Waals surface area contributed by atoms with Gasteiger partial charge in [-0.15, -0.1) is 0 Å². The number of aromatic nitrogens is 1. The monoisotopic (exact) mass is 354 g/mol. The van der Waals surface area contributed by atoms with Crippen LogP contribution in [0.1, 0.15) is 18.1 Å². The zero-order valence-corrected chi connectivity index (χ0v) is 15.2. The Kier molecular flexibility index (Phi) is 5.06. The number of hydrogen-bond donors (Lipinski definition) is 1. The number of nitrogens with zero attached hydrogens (tertiary/aromatic N) is 3. The van der Waals surface area contributed by atoms with Crippen molar-refractivity contribution in [3.05, 3.63) is 47.8 Å². The van der Waals surface area contributed by atoms with Gasteiger partial charge < -0.3 is 19.9 Å². The molecule has 0 unspecified atom stereocenters. The van der Waals surface area contributed by atoms with Gasteiger partial charge in [-0.1, -0.05) is 0 Å². The molecule has 0 radical (unpaired) electrons. The summed E-state index contributed by atoms with van der Waals surface area (Å²) in [4.78, 5) is 31.7. The molecule has 1 N–H and O–H groups in total. The van der Waals surface area contributed by atoms with Crippen molar-refractivity contribution in [3.8, 4) is 5.75 Å². The maximum atomic E-state index is 12.5. The normalized spacial score (nSPS) is 13.0. The molecule has 7 nitrogen and oxygen atoms in total. The first kappa shape index (κ1) is 17.7. The maximum Gasteiger partial charge on any atom is 0.321 e. The van der Waals surface area contributed by atoms with E-state index in [0.717, 1.165) is 16.8 Å². The van der Waals surface area contributed by atoms with Crippen molar-refractivity contribution in [2.75, 3.05) is 30.4 Å². The first-order valence-corrected chi connectivity index (χ1v) is 8.48. The van der Waals surface area contributed by atoms with Gasteiger partial charge in [-0.05, 0) is 43.2 Å². The van der Waals surface area contributed by atoms with Crippen LogP contribution in [0.5, 0.6) is 5.75 Å². The van der Waals surface area contributed by atoms with Gasteiger partial charge in [0.2, 0.25) is 0 Å². The molecule has 2 heterocycles. The van der Waals surface area contributed by atoms with Crippen LogP contribution in [0.2, 0.25) is 0 Å². The second-order valence-electron chi connectivity index (χ2n) is 6.20. The summed E-state index contributed by atoms with van der Waals surface area (Å²) >= 11 is 0. The number of anilines is 2. The van der Waals surface area contributed by atoms with Crippen LogP contribution >= 0.6 is 0 Å². The van der Waals surface area contributed by atoms with Gasteiger partial charge >= 0.3 is 6.03 Å². The van der Waals surface area contributed by atoms with Gasteiger partial charge in [0.1, 0.15) is 5.75 Å². The Morgan fingerprint density at radius 2 is 2.19 bits per heavy atom. The fraction of sp³-hybridized carbons (Fsp3) is 0.316. The highest BCUT2D eigenvalue weighted by molar-refractivity contribution is 5.98. The Morgan fingerprint density at radius 1 is 1.38 bits per heavy atom. The molecule has 1 aromatic heterocycles. The van der Waals surface area contributed by atoms with Crippen molar-refractivity contribution in [3.63, 3.8) is 0 Å². The van der Waals surface area contributed by atoms with Crippen LogP contribution in [0.25, 0.3) is 0 Å². The maximum absolute atomic E-state index is 12.5. The lowest BCUT2D eigenvalue weighted by molar-refractivity contribution is -0.121. The van der Waals surface area contributed by atoms with Gasteiger partial charge in [0.15, 0.2) is 6.61 Å². The minimum Gasteiger partial charge on any atom is -0.481 e. The number of rotatable bonds is 4. The molecule has 136 valence electrons. The number of hydrogen-bond acceptors (Lipinski definition) is 4. The number of pyridine rings is 1. The lowest BCUT2D eigenvalue weighted by Crippen LogP contribution is -2.38. The molecule has 1 aromatic carbocycles. The molecular weight excluding hydrogens is 332 g/mol. The molecule has 7 heteroatoms. The lowest BCUT2D eigenvalue weighted by Gasteiger charge is -2.28. The summed E-state index contributed by atoms with van der Waals surface area (Å²) in [6.45, 7) is 4.96. The van der Waals surface area contributed by atoms with Crippen LogP contribution < -0.4 is 15.0 Å². The summed E-state index contributed by atoms with van der Waals surface area (Å²) in [5.41, 5.74) is 3.43. The largest absolute Gasteiger partial charge is 0.481 e. The Hall–Kier alpha value is -3.09. The van der Waals surface area contributed by atoms with E-state index < -0.39 is 0 Å². The van der Waals surface area contributed by atoms with E-state index in [1.807, 2.05) is 19.9 Å². The quantitative estimate of drug-likeness (QED) is 0.916. The third-order valence-corrected chi connectivity index (χ3v) is 4.36. The molecule has 0 bridgehead atoms. The van der Waals surface area contributed by atoms with Crippen molar-refractivity contribution in [1.82, 2.24) is 9.88 Å². The van der Waals surface area contributed by atoms with E-state index in [2.05, 4.69) is 10.3 Å². The number of amides is 3. The second-order valence-corrected chi connectivity index (χ2v) is 6.20. The van der Waals surface area contributed by atoms with E-state index in [0.29, 0.717) is 24.5 Å². The van der Waals surface area contributed by atoms with Crippen molar-refractivity contribution >= 4 is 23.3 Å². The highest BCUT2D eigenvalue weighted by atomic mass is 16.5. The van der Waals surface area contributed by atoms with Crippen molar-refractivity contribution in [1.29, 1.82) is 0 Å². The zero-order valence-electron chi connectivity index (χ0n) is 15.2. The molecule has 0 spiro atoms. The topological polar surface area (TPSA) is 74.8 Å². The molecule has 0 saturated carbocycles.